The highest BCUT2D eigenvalue weighted by atomic mass is 35.5. The number of Topliss-reactive ketones (excluding diaryl/α,β-unsaturated/α-hetero) is 1. The first-order valence-electron chi connectivity index (χ1n) is 19.1. The lowest BCUT2D eigenvalue weighted by Gasteiger charge is -2.42. The zero-order valence-corrected chi connectivity index (χ0v) is 33.2. The summed E-state index contributed by atoms with van der Waals surface area (Å²) in [6, 6.07) is 41.9. The average Bonchev–Trinajstić information content (AvgIpc) is 3.44. The molecular weight excluding hydrogens is 728 g/mol. The van der Waals surface area contributed by atoms with Crippen molar-refractivity contribution >= 4 is 17.4 Å². The fourth-order valence-corrected chi connectivity index (χ4v) is 7.35. The molecule has 1 N–H and O–H groups in total. The Labute approximate surface area is 335 Å². The summed E-state index contributed by atoms with van der Waals surface area (Å²) in [6.45, 7) is 8.48. The Bertz CT molecular complexity index is 1970. The third-order valence-corrected chi connectivity index (χ3v) is 10.3. The average molecular weight is 779 g/mol. The number of ketones is 1. The van der Waals surface area contributed by atoms with Gasteiger partial charge in [0.2, 0.25) is 0 Å². The van der Waals surface area contributed by atoms with Crippen LogP contribution in [-0.4, -0.2) is 59.9 Å². The molecule has 5 aromatic rings. The van der Waals surface area contributed by atoms with Gasteiger partial charge in [-0.25, -0.2) is 0 Å². The molecule has 0 spiro atoms. The van der Waals surface area contributed by atoms with Gasteiger partial charge < -0.3 is 33.5 Å². The van der Waals surface area contributed by atoms with Gasteiger partial charge in [0.15, 0.2) is 11.6 Å². The van der Waals surface area contributed by atoms with Crippen LogP contribution in [0.4, 0.5) is 0 Å². The number of carbonyl (C=O) groups is 1. The zero-order valence-electron chi connectivity index (χ0n) is 32.4. The third-order valence-electron chi connectivity index (χ3n) is 9.89. The van der Waals surface area contributed by atoms with E-state index in [1.165, 1.54) is 0 Å². The largest absolute Gasteiger partial charge is 0.494 e. The van der Waals surface area contributed by atoms with Gasteiger partial charge in [-0.2, -0.15) is 0 Å². The van der Waals surface area contributed by atoms with Crippen LogP contribution in [-0.2, 0) is 49.9 Å². The predicted octanol–water partition coefficient (Wildman–Crippen LogP) is 9.17. The quantitative estimate of drug-likeness (QED) is 0.0831. The van der Waals surface area contributed by atoms with E-state index in [9.17, 15) is 9.90 Å². The fourth-order valence-electron chi connectivity index (χ4n) is 7.17. The van der Waals surface area contributed by atoms with Gasteiger partial charge in [-0.05, 0) is 92.3 Å². The van der Waals surface area contributed by atoms with E-state index in [2.05, 4.69) is 0 Å². The Morgan fingerprint density at radius 1 is 0.768 bits per heavy atom. The topological polar surface area (TPSA) is 92.7 Å². The van der Waals surface area contributed by atoms with Crippen molar-refractivity contribution in [3.05, 3.63) is 172 Å². The van der Waals surface area contributed by atoms with Crippen LogP contribution in [0.1, 0.15) is 65.9 Å². The molecule has 1 fully saturated rings. The highest BCUT2D eigenvalue weighted by molar-refractivity contribution is 6.31. The molecule has 0 saturated carbocycles. The molecule has 0 aliphatic carbocycles. The number of hydrogen-bond donors (Lipinski definition) is 1. The van der Waals surface area contributed by atoms with Crippen LogP contribution in [0, 0.1) is 0 Å². The predicted molar refractivity (Wildman–Crippen MR) is 217 cm³/mol. The minimum absolute atomic E-state index is 0.00418. The molecule has 8 nitrogen and oxygen atoms in total. The number of aliphatic hydroxyl groups excluding tert-OH is 1. The Kier molecular flexibility index (Phi) is 14.1. The maximum atomic E-state index is 14.8. The second kappa shape index (κ2) is 19.2. The van der Waals surface area contributed by atoms with E-state index in [-0.39, 0.29) is 26.4 Å². The van der Waals surface area contributed by atoms with Gasteiger partial charge in [0.1, 0.15) is 29.7 Å². The van der Waals surface area contributed by atoms with Gasteiger partial charge >= 0.3 is 0 Å². The molecule has 9 heteroatoms. The molecule has 0 radical (unpaired) electrons. The van der Waals surface area contributed by atoms with Gasteiger partial charge in [0.25, 0.3) is 0 Å². The van der Waals surface area contributed by atoms with E-state index in [0.29, 0.717) is 23.6 Å². The van der Waals surface area contributed by atoms with Gasteiger partial charge in [-0.1, -0.05) is 115 Å². The highest BCUT2D eigenvalue weighted by Gasteiger charge is 2.60. The van der Waals surface area contributed by atoms with Crippen LogP contribution in [0.2, 0.25) is 5.02 Å². The number of halogens is 1. The molecule has 1 aliphatic heterocycles. The van der Waals surface area contributed by atoms with Gasteiger partial charge in [0, 0.05) is 10.6 Å². The molecular formula is C47H51ClO8. The molecule has 6 rings (SSSR count). The standard InChI is InChI=1S/C47H51ClO8/c1-5-52-40-24-21-34(22-25-40)27-39-28-38(23-26-41(39)48)42(49)44(53-30-36-17-11-7-12-18-36)43(50)45(54-31-37-19-13-8-14-20-37)47(33(2)55-46(3,4)56-47)32-51-29-35-15-9-6-10-16-35/h6-26,28,33,43-45,50H,5,27,29-32H2,1-4H3/t33-,43-,44+,45+,47-/m1/s1. The first-order valence-corrected chi connectivity index (χ1v) is 19.5. The maximum Gasteiger partial charge on any atom is 0.194 e. The normalized spacial score (nSPS) is 19.3. The van der Waals surface area contributed by atoms with Crippen molar-refractivity contribution in [2.75, 3.05) is 13.2 Å². The molecule has 5 atom stereocenters. The number of rotatable bonds is 19. The minimum atomic E-state index is -1.54. The second-order valence-corrected chi connectivity index (χ2v) is 15.0. The van der Waals surface area contributed by atoms with E-state index in [4.69, 9.17) is 40.0 Å². The van der Waals surface area contributed by atoms with Crippen molar-refractivity contribution in [2.45, 2.75) is 89.7 Å². The Morgan fingerprint density at radius 3 is 1.89 bits per heavy atom. The van der Waals surface area contributed by atoms with Crippen molar-refractivity contribution in [2.24, 2.45) is 0 Å². The first-order chi connectivity index (χ1) is 27.1. The second-order valence-electron chi connectivity index (χ2n) is 14.5. The Morgan fingerprint density at radius 2 is 1.34 bits per heavy atom. The zero-order chi connectivity index (χ0) is 39.5. The number of carbonyl (C=O) groups excluding carboxylic acids is 1. The van der Waals surface area contributed by atoms with Crippen molar-refractivity contribution in [1.29, 1.82) is 0 Å². The minimum Gasteiger partial charge on any atom is -0.494 e. The van der Waals surface area contributed by atoms with Crippen LogP contribution in [0.25, 0.3) is 0 Å². The van der Waals surface area contributed by atoms with E-state index < -0.39 is 41.6 Å². The molecule has 0 bridgehead atoms. The molecule has 0 unspecified atom stereocenters. The summed E-state index contributed by atoms with van der Waals surface area (Å²) >= 11 is 6.72. The first kappa shape index (κ1) is 41.3. The molecule has 294 valence electrons. The van der Waals surface area contributed by atoms with Crippen molar-refractivity contribution < 1.29 is 38.3 Å². The van der Waals surface area contributed by atoms with E-state index in [1.807, 2.05) is 143 Å². The van der Waals surface area contributed by atoms with Crippen molar-refractivity contribution in [3.63, 3.8) is 0 Å². The molecule has 1 heterocycles. The lowest BCUT2D eigenvalue weighted by molar-refractivity contribution is -0.237. The summed E-state index contributed by atoms with van der Waals surface area (Å²) < 4.78 is 38.3. The third kappa shape index (κ3) is 10.5. The number of aliphatic hydroxyl groups is 1. The summed E-state index contributed by atoms with van der Waals surface area (Å²) in [7, 11) is 0. The lowest BCUT2D eigenvalue weighted by Crippen LogP contribution is -2.62. The maximum absolute atomic E-state index is 14.8. The van der Waals surface area contributed by atoms with Crippen molar-refractivity contribution in [1.82, 2.24) is 0 Å². The molecule has 1 aliphatic rings. The number of benzene rings is 5. The Balaban J connectivity index is 1.36. The molecule has 56 heavy (non-hydrogen) atoms. The van der Waals surface area contributed by atoms with Crippen LogP contribution < -0.4 is 4.74 Å². The summed E-state index contributed by atoms with van der Waals surface area (Å²) in [5.41, 5.74) is 3.41. The van der Waals surface area contributed by atoms with Gasteiger partial charge in [0.05, 0.1) is 39.1 Å². The smallest absolute Gasteiger partial charge is 0.194 e. The monoisotopic (exact) mass is 778 g/mol. The van der Waals surface area contributed by atoms with E-state index in [1.54, 1.807) is 18.2 Å². The van der Waals surface area contributed by atoms with Gasteiger partial charge in [-0.15, -0.1) is 0 Å². The van der Waals surface area contributed by atoms with Crippen LogP contribution in [0.5, 0.6) is 5.75 Å². The summed E-state index contributed by atoms with van der Waals surface area (Å²) in [5, 5.41) is 13.2. The Hall–Kier alpha value is -4.38. The van der Waals surface area contributed by atoms with E-state index in [0.717, 1.165) is 33.6 Å². The summed E-state index contributed by atoms with van der Waals surface area (Å²) in [5.74, 6) is -0.710. The number of hydrogen-bond acceptors (Lipinski definition) is 8. The highest BCUT2D eigenvalue weighted by Crippen LogP contribution is 2.43. The van der Waals surface area contributed by atoms with Gasteiger partial charge in [-0.3, -0.25) is 4.79 Å². The van der Waals surface area contributed by atoms with E-state index >= 15 is 0 Å². The van der Waals surface area contributed by atoms with Crippen LogP contribution in [0.15, 0.2) is 133 Å². The molecule has 0 amide bonds. The lowest BCUT2D eigenvalue weighted by atomic mass is 9.84. The molecule has 0 aromatic heterocycles. The van der Waals surface area contributed by atoms with Crippen molar-refractivity contribution in [3.8, 4) is 5.75 Å². The molecule has 5 aromatic carbocycles. The summed E-state index contributed by atoms with van der Waals surface area (Å²) in [4.78, 5) is 14.8. The SMILES string of the molecule is CCOc1ccc(Cc2cc(C(=O)[C@H](OCc3ccccc3)[C@@H](O)[C@H](OCc3ccccc3)[C@]3(COCc4ccccc4)OC(C)(C)O[C@@H]3C)ccc2Cl)cc1. The fraction of sp³-hybridized carbons (Fsp3) is 0.340. The van der Waals surface area contributed by atoms with Crippen LogP contribution >= 0.6 is 11.6 Å². The number of ether oxygens (including phenoxy) is 6. The molecule has 1 saturated heterocycles. The summed E-state index contributed by atoms with van der Waals surface area (Å²) in [6.07, 6.45) is -4.23. The van der Waals surface area contributed by atoms with Crippen LogP contribution in [0.3, 0.4) is 0 Å².